The average Bonchev–Trinajstić information content (AvgIpc) is 3.45. The second-order valence-electron chi connectivity index (χ2n) is 9.40. The number of nitrogens with one attached hydrogen (secondary N) is 4. The van der Waals surface area contributed by atoms with Crippen LogP contribution in [0.3, 0.4) is 0 Å². The number of carbonyl (C=O) groups excluding carboxylic acids is 2. The molecule has 0 saturated heterocycles. The van der Waals surface area contributed by atoms with Crippen LogP contribution >= 0.6 is 0 Å². The van der Waals surface area contributed by atoms with Crippen LogP contribution in [0.2, 0.25) is 0 Å². The van der Waals surface area contributed by atoms with Crippen LogP contribution in [-0.4, -0.2) is 35.9 Å². The van der Waals surface area contributed by atoms with Gasteiger partial charge in [-0.1, -0.05) is 0 Å². The van der Waals surface area contributed by atoms with Crippen molar-refractivity contribution in [1.82, 2.24) is 15.3 Å². The van der Waals surface area contributed by atoms with Gasteiger partial charge in [-0.3, -0.25) is 9.59 Å². The first-order chi connectivity index (χ1) is 20.7. The lowest BCUT2D eigenvalue weighted by Gasteiger charge is -2.14. The van der Waals surface area contributed by atoms with Crippen LogP contribution in [-0.2, 0) is 9.59 Å². The van der Waals surface area contributed by atoms with Crippen molar-refractivity contribution in [2.24, 2.45) is 0 Å². The normalized spacial score (nSPS) is 11.5. The number of aromatic amines is 1. The molecule has 0 aliphatic rings. The van der Waals surface area contributed by atoms with Gasteiger partial charge in [-0.25, -0.2) is 13.8 Å². The second-order valence-corrected chi connectivity index (χ2v) is 9.40. The number of rotatable bonds is 9. The molecule has 2 amide bonds. The van der Waals surface area contributed by atoms with E-state index in [1.165, 1.54) is 36.4 Å². The molecule has 3 aromatic carbocycles. The number of amides is 2. The van der Waals surface area contributed by atoms with E-state index in [4.69, 9.17) is 9.47 Å². The molecule has 0 fully saturated rings. The number of halogens is 2. The maximum absolute atomic E-state index is 15.2. The van der Waals surface area contributed by atoms with E-state index in [-0.39, 0.29) is 22.7 Å². The van der Waals surface area contributed by atoms with Gasteiger partial charge in [-0.15, -0.1) is 0 Å². The van der Waals surface area contributed by atoms with Crippen molar-refractivity contribution in [3.8, 4) is 28.5 Å². The quantitative estimate of drug-likeness (QED) is 0.0909. The standard InChI is InChI=1S/C32H27F2N5O4/c1-18(35-2)29(31(40)37-21-8-6-20(33)7-9-21)32(41)38-22-10-13-28(25(34)16-22)43-27-14-15-36-30-24(27)17-26(39-30)19-4-11-23(42-3)12-5-19/h4-17,35H,1-3H3,(H,36,39)(H,37,40)(H,38,41)/b29-18+. The van der Waals surface area contributed by atoms with Crippen LogP contribution < -0.4 is 25.4 Å². The first-order valence-corrected chi connectivity index (χ1v) is 13.1. The summed E-state index contributed by atoms with van der Waals surface area (Å²) >= 11 is 0. The van der Waals surface area contributed by atoms with Crippen molar-refractivity contribution in [3.63, 3.8) is 0 Å². The topological polar surface area (TPSA) is 117 Å². The Bertz CT molecular complexity index is 1830. The number of aromatic nitrogens is 2. The van der Waals surface area contributed by atoms with Gasteiger partial charge in [0.05, 0.1) is 12.5 Å². The van der Waals surface area contributed by atoms with Crippen molar-refractivity contribution >= 4 is 34.2 Å². The molecule has 0 aliphatic carbocycles. The molecular weight excluding hydrogens is 556 g/mol. The third-order valence-corrected chi connectivity index (χ3v) is 6.61. The molecule has 11 heteroatoms. The number of ether oxygens (including phenoxy) is 2. The van der Waals surface area contributed by atoms with Gasteiger partial charge in [0.1, 0.15) is 28.5 Å². The molecule has 0 radical (unpaired) electrons. The van der Waals surface area contributed by atoms with Crippen molar-refractivity contribution in [1.29, 1.82) is 0 Å². The number of nitrogens with zero attached hydrogens (tertiary/aromatic N) is 1. The van der Waals surface area contributed by atoms with Gasteiger partial charge in [-0.2, -0.15) is 0 Å². The summed E-state index contributed by atoms with van der Waals surface area (Å²) in [5.41, 5.74) is 2.72. The Morgan fingerprint density at radius 2 is 1.51 bits per heavy atom. The first kappa shape index (κ1) is 28.8. The third kappa shape index (κ3) is 6.46. The maximum atomic E-state index is 15.2. The van der Waals surface area contributed by atoms with E-state index in [1.807, 2.05) is 30.3 Å². The summed E-state index contributed by atoms with van der Waals surface area (Å²) in [4.78, 5) is 33.6. The molecule has 218 valence electrons. The Labute approximate surface area is 245 Å². The first-order valence-electron chi connectivity index (χ1n) is 13.1. The molecule has 0 unspecified atom stereocenters. The number of hydrogen-bond donors (Lipinski definition) is 4. The molecule has 0 bridgehead atoms. The predicted molar refractivity (Wildman–Crippen MR) is 160 cm³/mol. The summed E-state index contributed by atoms with van der Waals surface area (Å²) in [7, 11) is 3.15. The van der Waals surface area contributed by atoms with Crippen molar-refractivity contribution in [3.05, 3.63) is 108 Å². The Morgan fingerprint density at radius 3 is 2.16 bits per heavy atom. The van der Waals surface area contributed by atoms with E-state index >= 15 is 4.39 Å². The minimum Gasteiger partial charge on any atom is -0.497 e. The minimum absolute atomic E-state index is 0.0751. The molecule has 2 aromatic heterocycles. The lowest BCUT2D eigenvalue weighted by Crippen LogP contribution is -2.29. The monoisotopic (exact) mass is 583 g/mol. The fraction of sp³-hybridized carbons (Fsp3) is 0.0938. The molecule has 5 aromatic rings. The molecule has 2 heterocycles. The number of carbonyl (C=O) groups is 2. The summed E-state index contributed by atoms with van der Waals surface area (Å²) in [6.07, 6.45) is 1.55. The summed E-state index contributed by atoms with van der Waals surface area (Å²) in [6, 6.07) is 20.0. The second kappa shape index (κ2) is 12.4. The van der Waals surface area contributed by atoms with E-state index in [1.54, 1.807) is 33.3 Å². The van der Waals surface area contributed by atoms with Crippen LogP contribution in [0.1, 0.15) is 6.92 Å². The minimum atomic E-state index is -0.770. The van der Waals surface area contributed by atoms with Gasteiger partial charge in [0.15, 0.2) is 11.6 Å². The van der Waals surface area contributed by atoms with Crippen molar-refractivity contribution < 1.29 is 27.8 Å². The van der Waals surface area contributed by atoms with Crippen LogP contribution in [0, 0.1) is 11.6 Å². The zero-order chi connectivity index (χ0) is 30.5. The van der Waals surface area contributed by atoms with E-state index in [0.29, 0.717) is 22.5 Å². The zero-order valence-electron chi connectivity index (χ0n) is 23.4. The van der Waals surface area contributed by atoms with Crippen molar-refractivity contribution in [2.45, 2.75) is 6.92 Å². The molecular formula is C32H27F2N5O4. The van der Waals surface area contributed by atoms with E-state index in [9.17, 15) is 14.0 Å². The molecule has 4 N–H and O–H groups in total. The molecule has 0 saturated carbocycles. The fourth-order valence-electron chi connectivity index (χ4n) is 4.29. The van der Waals surface area contributed by atoms with Gasteiger partial charge in [0.2, 0.25) is 0 Å². The number of anilines is 2. The van der Waals surface area contributed by atoms with Gasteiger partial charge in [0.25, 0.3) is 11.8 Å². The maximum Gasteiger partial charge on any atom is 0.263 e. The zero-order valence-corrected chi connectivity index (χ0v) is 23.4. The molecule has 0 aliphatic heterocycles. The Kier molecular flexibility index (Phi) is 8.33. The molecule has 5 rings (SSSR count). The lowest BCUT2D eigenvalue weighted by molar-refractivity contribution is -0.118. The van der Waals surface area contributed by atoms with Crippen LogP contribution in [0.15, 0.2) is 96.3 Å². The summed E-state index contributed by atoms with van der Waals surface area (Å²) in [5, 5.41) is 8.53. The Morgan fingerprint density at radius 1 is 0.837 bits per heavy atom. The SMILES string of the molecule is CN/C(C)=C(\C(=O)Nc1ccc(F)cc1)C(=O)Nc1ccc(Oc2ccnc3[nH]c(-c4ccc(OC)cc4)cc23)c(F)c1. The van der Waals surface area contributed by atoms with Crippen LogP contribution in [0.25, 0.3) is 22.3 Å². The Balaban J connectivity index is 1.33. The van der Waals surface area contributed by atoms with Gasteiger partial charge in [-0.05, 0) is 85.3 Å². The van der Waals surface area contributed by atoms with Gasteiger partial charge >= 0.3 is 0 Å². The van der Waals surface area contributed by atoms with E-state index in [0.717, 1.165) is 23.1 Å². The molecule has 43 heavy (non-hydrogen) atoms. The predicted octanol–water partition coefficient (Wildman–Crippen LogP) is 6.38. The highest BCUT2D eigenvalue weighted by Crippen LogP contribution is 2.34. The number of H-pyrrole nitrogens is 1. The van der Waals surface area contributed by atoms with E-state index < -0.39 is 23.4 Å². The number of allylic oxidation sites excluding steroid dienone is 1. The number of pyridine rings is 1. The van der Waals surface area contributed by atoms with Crippen LogP contribution in [0.5, 0.6) is 17.2 Å². The van der Waals surface area contributed by atoms with Crippen molar-refractivity contribution in [2.75, 3.05) is 24.8 Å². The summed E-state index contributed by atoms with van der Waals surface area (Å²) in [6.45, 7) is 1.55. The number of fused-ring (bicyclic) bond motifs is 1. The Hall–Kier alpha value is -5.71. The highest BCUT2D eigenvalue weighted by molar-refractivity contribution is 6.26. The largest absolute Gasteiger partial charge is 0.497 e. The van der Waals surface area contributed by atoms with E-state index in [2.05, 4.69) is 25.9 Å². The molecule has 9 nitrogen and oxygen atoms in total. The van der Waals surface area contributed by atoms with Gasteiger partial charge < -0.3 is 30.4 Å². The number of hydrogen-bond acceptors (Lipinski definition) is 6. The van der Waals surface area contributed by atoms with Gasteiger partial charge in [0, 0.05) is 42.1 Å². The third-order valence-electron chi connectivity index (χ3n) is 6.61. The molecule has 0 spiro atoms. The number of benzene rings is 3. The lowest BCUT2D eigenvalue weighted by atomic mass is 10.1. The fourth-order valence-corrected chi connectivity index (χ4v) is 4.29. The smallest absolute Gasteiger partial charge is 0.263 e. The summed E-state index contributed by atoms with van der Waals surface area (Å²) < 4.78 is 39.5. The summed E-state index contributed by atoms with van der Waals surface area (Å²) in [5.74, 6) is -1.66. The average molecular weight is 584 g/mol. The van der Waals surface area contributed by atoms with Crippen LogP contribution in [0.4, 0.5) is 20.2 Å². The highest BCUT2D eigenvalue weighted by Gasteiger charge is 2.22. The number of methoxy groups -OCH3 is 1. The highest BCUT2D eigenvalue weighted by atomic mass is 19.1. The molecule has 0 atom stereocenters.